The van der Waals surface area contributed by atoms with E-state index in [2.05, 4.69) is 43.6 Å². The number of anilines is 2. The van der Waals surface area contributed by atoms with Crippen molar-refractivity contribution in [2.75, 3.05) is 23.8 Å². The fourth-order valence-electron chi connectivity index (χ4n) is 3.65. The van der Waals surface area contributed by atoms with Crippen molar-refractivity contribution in [2.45, 2.75) is 52.5 Å². The van der Waals surface area contributed by atoms with Gasteiger partial charge in [0.05, 0.1) is 5.84 Å². The van der Waals surface area contributed by atoms with Crippen LogP contribution in [-0.4, -0.2) is 36.0 Å². The van der Waals surface area contributed by atoms with Crippen molar-refractivity contribution in [3.8, 4) is 18.1 Å². The van der Waals surface area contributed by atoms with Crippen molar-refractivity contribution in [1.82, 2.24) is 10.6 Å². The molecule has 0 saturated heterocycles. The lowest BCUT2D eigenvalue weighted by Gasteiger charge is -2.13. The summed E-state index contributed by atoms with van der Waals surface area (Å²) in [7, 11) is 0. The molecule has 1 amide bonds. The first kappa shape index (κ1) is 32.4. The van der Waals surface area contributed by atoms with Gasteiger partial charge in [0.25, 0.3) is 0 Å². The number of para-hydroxylation sites is 1. The topological polar surface area (TPSA) is 110 Å². The van der Waals surface area contributed by atoms with E-state index >= 15 is 0 Å². The van der Waals surface area contributed by atoms with E-state index in [1.54, 1.807) is 31.2 Å². The Morgan fingerprint density at radius 3 is 2.17 bits per heavy atom. The first-order valence-electron chi connectivity index (χ1n) is 13.9. The summed E-state index contributed by atoms with van der Waals surface area (Å²) < 4.78 is 0. The van der Waals surface area contributed by atoms with Gasteiger partial charge in [-0.2, -0.15) is 0 Å². The number of amides is 1. The molecule has 0 aliphatic heterocycles. The second-order valence-corrected chi connectivity index (χ2v) is 9.19. The van der Waals surface area contributed by atoms with Gasteiger partial charge in [-0.3, -0.25) is 9.79 Å². The minimum atomic E-state index is 0.0987. The number of unbranched alkanes of at least 4 members (excludes halogenated alkanes) is 3. The van der Waals surface area contributed by atoms with Gasteiger partial charge in [-0.15, -0.1) is 12.3 Å². The maximum atomic E-state index is 12.0. The molecule has 0 atom stereocenters. The van der Waals surface area contributed by atoms with E-state index in [0.717, 1.165) is 48.5 Å². The fraction of sp³-hybridized carbons (Fsp3) is 0.303. The summed E-state index contributed by atoms with van der Waals surface area (Å²) >= 11 is 0. The Labute approximate surface area is 244 Å². The molecule has 0 aromatic heterocycles. The van der Waals surface area contributed by atoms with Gasteiger partial charge < -0.3 is 26.4 Å². The van der Waals surface area contributed by atoms with Gasteiger partial charge in [0, 0.05) is 30.9 Å². The second kappa shape index (κ2) is 20.2. The normalized spacial score (nSPS) is 11.0. The van der Waals surface area contributed by atoms with E-state index in [1.807, 2.05) is 67.6 Å². The van der Waals surface area contributed by atoms with Gasteiger partial charge in [-0.05, 0) is 68.7 Å². The molecule has 0 saturated carbocycles. The van der Waals surface area contributed by atoms with Crippen LogP contribution in [0.5, 0.6) is 5.75 Å². The van der Waals surface area contributed by atoms with E-state index in [4.69, 9.17) is 0 Å². The summed E-state index contributed by atoms with van der Waals surface area (Å²) in [6.45, 7) is 5.23. The van der Waals surface area contributed by atoms with Crippen LogP contribution in [0.15, 0.2) is 94.9 Å². The van der Waals surface area contributed by atoms with Crippen LogP contribution in [0.25, 0.3) is 0 Å². The van der Waals surface area contributed by atoms with E-state index in [0.29, 0.717) is 32.1 Å². The Morgan fingerprint density at radius 2 is 1.49 bits per heavy atom. The summed E-state index contributed by atoms with van der Waals surface area (Å²) in [6, 6.07) is 26.6. The Hall–Kier alpha value is -4.77. The molecule has 0 fully saturated rings. The molecule has 8 heteroatoms. The summed E-state index contributed by atoms with van der Waals surface area (Å²) in [6.07, 6.45) is 9.01. The van der Waals surface area contributed by atoms with Crippen molar-refractivity contribution < 1.29 is 9.90 Å². The van der Waals surface area contributed by atoms with Crippen LogP contribution in [0.4, 0.5) is 11.4 Å². The van der Waals surface area contributed by atoms with Crippen LogP contribution < -0.4 is 21.3 Å². The largest absolute Gasteiger partial charge is 0.508 e. The average Bonchev–Trinajstić information content (AvgIpc) is 2.98. The molecule has 0 heterocycles. The third-order valence-corrected chi connectivity index (χ3v) is 5.72. The molecular weight excluding hydrogens is 512 g/mol. The standard InChI is InChI=1S/C30H38N6O2.C3H4/c1-24(31-21-11-3-2-10-16-29(38)32-22-25-12-6-4-7-13-25)35-30(36-27-17-19-28(37)20-18-27)34-23-33-26-14-8-5-9-15-26;1-3-2/h4-9,12-15,17-20,33,37H,2-3,10-11,16,21-23H2,1H3,(H,32,38)(H2,31,34,35,36);1H,2H3. The molecular formula is C33H42N6O2. The summed E-state index contributed by atoms with van der Waals surface area (Å²) in [4.78, 5) is 21.3. The molecule has 216 valence electrons. The van der Waals surface area contributed by atoms with Gasteiger partial charge >= 0.3 is 0 Å². The summed E-state index contributed by atoms with van der Waals surface area (Å²) in [5, 5.41) is 22.3. The molecule has 41 heavy (non-hydrogen) atoms. The highest BCUT2D eigenvalue weighted by Gasteiger charge is 2.03. The van der Waals surface area contributed by atoms with Crippen LogP contribution in [-0.2, 0) is 11.3 Å². The molecule has 3 rings (SSSR count). The smallest absolute Gasteiger partial charge is 0.220 e. The number of aromatic hydroxyl groups is 1. The Kier molecular flexibility index (Phi) is 16.0. The van der Waals surface area contributed by atoms with Crippen LogP contribution in [0, 0.1) is 12.3 Å². The van der Waals surface area contributed by atoms with Gasteiger partial charge in [0.15, 0.2) is 0 Å². The molecule has 0 aliphatic carbocycles. The number of hydrogen-bond donors (Lipinski definition) is 5. The number of carbonyl (C=O) groups excluding carboxylic acids is 1. The first-order chi connectivity index (χ1) is 20.0. The minimum absolute atomic E-state index is 0.0987. The number of phenols is 1. The van der Waals surface area contributed by atoms with Crippen molar-refractivity contribution in [3.63, 3.8) is 0 Å². The van der Waals surface area contributed by atoms with E-state index in [1.165, 1.54) is 0 Å². The van der Waals surface area contributed by atoms with E-state index in [9.17, 15) is 9.90 Å². The zero-order valence-electron chi connectivity index (χ0n) is 24.1. The number of guanidine groups is 1. The number of phenolic OH excluding ortho intramolecular Hbond substituents is 1. The number of aliphatic imine (C=N–C) groups is 2. The van der Waals surface area contributed by atoms with Gasteiger partial charge in [0.2, 0.25) is 11.9 Å². The zero-order valence-corrected chi connectivity index (χ0v) is 24.1. The molecule has 0 unspecified atom stereocenters. The molecule has 0 spiro atoms. The predicted molar refractivity (Wildman–Crippen MR) is 171 cm³/mol. The average molecular weight is 555 g/mol. The number of hydrogen-bond acceptors (Lipinski definition) is 5. The summed E-state index contributed by atoms with van der Waals surface area (Å²) in [5.74, 6) is 3.87. The molecule has 3 aromatic rings. The number of amidine groups is 1. The van der Waals surface area contributed by atoms with Crippen molar-refractivity contribution in [3.05, 3.63) is 90.5 Å². The number of nitrogens with one attached hydrogen (secondary N) is 4. The lowest BCUT2D eigenvalue weighted by Crippen LogP contribution is -2.35. The third-order valence-electron chi connectivity index (χ3n) is 5.72. The lowest BCUT2D eigenvalue weighted by atomic mass is 10.1. The second-order valence-electron chi connectivity index (χ2n) is 9.19. The van der Waals surface area contributed by atoms with Gasteiger partial charge in [0.1, 0.15) is 12.4 Å². The SMILES string of the molecule is C#CC.CC(=NCCCCCCC(=O)NCc1ccccc1)N/C(=N\CNc1ccccc1)Nc1ccc(O)cc1. The van der Waals surface area contributed by atoms with Crippen molar-refractivity contribution in [2.24, 2.45) is 9.98 Å². The van der Waals surface area contributed by atoms with Crippen LogP contribution >= 0.6 is 0 Å². The number of benzene rings is 3. The third kappa shape index (κ3) is 15.4. The number of nitrogens with zero attached hydrogens (tertiary/aromatic N) is 2. The van der Waals surface area contributed by atoms with Crippen LogP contribution in [0.3, 0.4) is 0 Å². The highest BCUT2D eigenvalue weighted by molar-refractivity contribution is 6.05. The van der Waals surface area contributed by atoms with E-state index < -0.39 is 0 Å². The minimum Gasteiger partial charge on any atom is -0.508 e. The Morgan fingerprint density at radius 1 is 0.854 bits per heavy atom. The summed E-state index contributed by atoms with van der Waals surface area (Å²) in [5.41, 5.74) is 2.90. The van der Waals surface area contributed by atoms with Crippen molar-refractivity contribution in [1.29, 1.82) is 0 Å². The molecule has 0 radical (unpaired) electrons. The highest BCUT2D eigenvalue weighted by atomic mass is 16.3. The van der Waals surface area contributed by atoms with Gasteiger partial charge in [-0.25, -0.2) is 4.99 Å². The van der Waals surface area contributed by atoms with Crippen LogP contribution in [0.2, 0.25) is 0 Å². The molecule has 0 aliphatic rings. The number of rotatable bonds is 13. The number of carbonyl (C=O) groups is 1. The van der Waals surface area contributed by atoms with Crippen LogP contribution in [0.1, 0.15) is 51.5 Å². The zero-order chi connectivity index (χ0) is 29.5. The Balaban J connectivity index is 0.00000187. The molecule has 0 bridgehead atoms. The lowest BCUT2D eigenvalue weighted by molar-refractivity contribution is -0.121. The van der Waals surface area contributed by atoms with Crippen molar-refractivity contribution >= 4 is 29.1 Å². The van der Waals surface area contributed by atoms with Gasteiger partial charge in [-0.1, -0.05) is 61.4 Å². The Bertz CT molecular complexity index is 1240. The molecule has 8 nitrogen and oxygen atoms in total. The first-order valence-corrected chi connectivity index (χ1v) is 13.9. The monoisotopic (exact) mass is 554 g/mol. The maximum absolute atomic E-state index is 12.0. The molecule has 5 N–H and O–H groups in total. The quantitative estimate of drug-likeness (QED) is 0.0573. The number of terminal acetylenes is 1. The fourth-order valence-corrected chi connectivity index (χ4v) is 3.65. The predicted octanol–water partition coefficient (Wildman–Crippen LogP) is 6.14. The van der Waals surface area contributed by atoms with E-state index in [-0.39, 0.29) is 11.7 Å². The highest BCUT2D eigenvalue weighted by Crippen LogP contribution is 2.13. The maximum Gasteiger partial charge on any atom is 0.220 e. The molecule has 3 aromatic carbocycles.